The summed E-state index contributed by atoms with van der Waals surface area (Å²) in [6.45, 7) is 0. The second-order valence-electron chi connectivity index (χ2n) is 3.97. The van der Waals surface area contributed by atoms with Gasteiger partial charge in [-0.25, -0.2) is 0 Å². The lowest BCUT2D eigenvalue weighted by atomic mass is 10.3. The summed E-state index contributed by atoms with van der Waals surface area (Å²) < 4.78 is 0. The van der Waals surface area contributed by atoms with Gasteiger partial charge in [0.15, 0.2) is 5.78 Å². The summed E-state index contributed by atoms with van der Waals surface area (Å²) in [6, 6.07) is 7.22. The van der Waals surface area contributed by atoms with E-state index in [1.807, 2.05) is 0 Å². The molecule has 21 heavy (non-hydrogen) atoms. The summed E-state index contributed by atoms with van der Waals surface area (Å²) in [5.74, 6) is -0.422. The highest BCUT2D eigenvalue weighted by Crippen LogP contribution is 2.29. The molecule has 0 amide bonds. The van der Waals surface area contributed by atoms with Crippen LogP contribution < -0.4 is 0 Å². The van der Waals surface area contributed by atoms with Crippen molar-refractivity contribution < 1.29 is 14.6 Å². The molecule has 8 nitrogen and oxygen atoms in total. The van der Waals surface area contributed by atoms with Gasteiger partial charge in [-0.2, -0.15) is 0 Å². The maximum absolute atomic E-state index is 11.9. The Balaban J connectivity index is 2.07. The smallest absolute Gasteiger partial charge is 0.287 e. The molecule has 0 bridgehead atoms. The number of nitrogens with zero attached hydrogens (tertiary/aromatic N) is 2. The van der Waals surface area contributed by atoms with Crippen LogP contribution in [0.5, 0.6) is 0 Å². The van der Waals surface area contributed by atoms with Crippen molar-refractivity contribution in [1.29, 1.82) is 0 Å². The van der Waals surface area contributed by atoms with Crippen LogP contribution in [-0.2, 0) is 0 Å². The first-order valence-electron chi connectivity index (χ1n) is 5.71. The van der Waals surface area contributed by atoms with Gasteiger partial charge < -0.3 is 4.98 Å². The zero-order valence-corrected chi connectivity index (χ0v) is 11.3. The summed E-state index contributed by atoms with van der Waals surface area (Å²) in [7, 11) is 0. The third kappa shape index (κ3) is 3.45. The molecule has 1 aromatic heterocycles. The van der Waals surface area contributed by atoms with Crippen LogP contribution in [0.25, 0.3) is 0 Å². The van der Waals surface area contributed by atoms with E-state index in [0.29, 0.717) is 4.90 Å². The van der Waals surface area contributed by atoms with Crippen LogP contribution in [0.2, 0.25) is 0 Å². The zero-order valence-electron chi connectivity index (χ0n) is 10.5. The van der Waals surface area contributed by atoms with Crippen LogP contribution in [-0.4, -0.2) is 26.4 Å². The topological polar surface area (TPSA) is 119 Å². The van der Waals surface area contributed by atoms with Gasteiger partial charge in [-0.15, -0.1) is 11.8 Å². The largest absolute Gasteiger partial charge is 0.353 e. The van der Waals surface area contributed by atoms with Crippen molar-refractivity contribution >= 4 is 28.9 Å². The van der Waals surface area contributed by atoms with Gasteiger partial charge >= 0.3 is 0 Å². The monoisotopic (exact) mass is 307 g/mol. The molecule has 0 fully saturated rings. The molecular formula is C12H9N3O5S. The highest BCUT2D eigenvalue weighted by molar-refractivity contribution is 8.00. The van der Waals surface area contributed by atoms with Crippen LogP contribution in [0.3, 0.4) is 0 Å². The van der Waals surface area contributed by atoms with Gasteiger partial charge in [0.1, 0.15) is 0 Å². The molecule has 0 aliphatic heterocycles. The number of carbonyl (C=O) groups is 1. The second kappa shape index (κ2) is 6.18. The minimum atomic E-state index is -0.609. The van der Waals surface area contributed by atoms with Gasteiger partial charge in [0.25, 0.3) is 11.4 Å². The number of carbonyl (C=O) groups excluding carboxylic acids is 1. The number of rotatable bonds is 6. The molecule has 1 heterocycles. The van der Waals surface area contributed by atoms with Crippen molar-refractivity contribution in [2.75, 3.05) is 5.75 Å². The lowest BCUT2D eigenvalue weighted by Crippen LogP contribution is -2.03. The van der Waals surface area contributed by atoms with Crippen LogP contribution in [0, 0.1) is 20.2 Å². The SMILES string of the molecule is O=C(CSc1ccccc1[N+](=O)[O-])c1cc([N+](=O)[O-])c[nH]1. The minimum absolute atomic E-state index is 0.0531. The average molecular weight is 307 g/mol. The molecule has 0 aliphatic carbocycles. The molecule has 0 unspecified atom stereocenters. The number of nitrogens with one attached hydrogen (secondary N) is 1. The third-order valence-electron chi connectivity index (χ3n) is 2.60. The van der Waals surface area contributed by atoms with E-state index < -0.39 is 9.85 Å². The molecule has 0 aliphatic rings. The van der Waals surface area contributed by atoms with Crippen molar-refractivity contribution in [3.63, 3.8) is 0 Å². The molecule has 9 heteroatoms. The number of aromatic nitrogens is 1. The van der Waals surface area contributed by atoms with Gasteiger partial charge in [0.2, 0.25) is 0 Å². The quantitative estimate of drug-likeness (QED) is 0.379. The predicted octanol–water partition coefficient (Wildman–Crippen LogP) is 2.81. The van der Waals surface area contributed by atoms with Gasteiger partial charge in [0.05, 0.1) is 32.4 Å². The Hall–Kier alpha value is -2.68. The Kier molecular flexibility index (Phi) is 4.33. The molecule has 0 atom stereocenters. The maximum atomic E-state index is 11.9. The summed E-state index contributed by atoms with van der Waals surface area (Å²) >= 11 is 1.01. The Morgan fingerprint density at radius 1 is 1.19 bits per heavy atom. The number of hydrogen-bond acceptors (Lipinski definition) is 6. The number of thioether (sulfide) groups is 1. The van der Waals surface area contributed by atoms with Gasteiger partial charge in [-0.05, 0) is 6.07 Å². The number of hydrogen-bond donors (Lipinski definition) is 1. The maximum Gasteiger partial charge on any atom is 0.287 e. The van der Waals surface area contributed by atoms with Crippen molar-refractivity contribution in [2.24, 2.45) is 0 Å². The molecule has 0 saturated heterocycles. The standard InChI is InChI=1S/C12H9N3O5S/c16-11(9-5-8(6-13-9)14(17)18)7-21-12-4-2-1-3-10(12)15(19)20/h1-6,13H,7H2. The average Bonchev–Trinajstić information content (AvgIpc) is 2.95. The predicted molar refractivity (Wildman–Crippen MR) is 75.6 cm³/mol. The van der Waals surface area contributed by atoms with E-state index in [-0.39, 0.29) is 28.6 Å². The van der Waals surface area contributed by atoms with Crippen LogP contribution in [0.4, 0.5) is 11.4 Å². The van der Waals surface area contributed by atoms with E-state index >= 15 is 0 Å². The van der Waals surface area contributed by atoms with E-state index in [9.17, 15) is 25.0 Å². The van der Waals surface area contributed by atoms with Crippen molar-refractivity contribution in [1.82, 2.24) is 4.98 Å². The lowest BCUT2D eigenvalue weighted by molar-refractivity contribution is -0.387. The Bertz CT molecular complexity index is 712. The first kappa shape index (κ1) is 14.7. The fraction of sp³-hybridized carbons (Fsp3) is 0.0833. The molecular weight excluding hydrogens is 298 g/mol. The highest BCUT2D eigenvalue weighted by atomic mass is 32.2. The van der Waals surface area contributed by atoms with E-state index in [1.165, 1.54) is 6.07 Å². The number of benzene rings is 1. The van der Waals surface area contributed by atoms with Crippen LogP contribution in [0.1, 0.15) is 10.5 Å². The lowest BCUT2D eigenvalue weighted by Gasteiger charge is -2.01. The van der Waals surface area contributed by atoms with Crippen LogP contribution in [0.15, 0.2) is 41.4 Å². The summed E-state index contributed by atoms with van der Waals surface area (Å²) in [6.07, 6.45) is 1.13. The van der Waals surface area contributed by atoms with E-state index in [0.717, 1.165) is 24.0 Å². The van der Waals surface area contributed by atoms with Gasteiger partial charge in [-0.3, -0.25) is 25.0 Å². The minimum Gasteiger partial charge on any atom is -0.353 e. The molecule has 108 valence electrons. The van der Waals surface area contributed by atoms with Gasteiger partial charge in [0, 0.05) is 12.1 Å². The second-order valence-corrected chi connectivity index (χ2v) is 4.98. The zero-order chi connectivity index (χ0) is 15.4. The number of nitro benzene ring substituents is 1. The van der Waals surface area contributed by atoms with Crippen molar-refractivity contribution in [3.8, 4) is 0 Å². The first-order chi connectivity index (χ1) is 9.99. The molecule has 0 radical (unpaired) electrons. The van der Waals surface area contributed by atoms with E-state index in [2.05, 4.69) is 4.98 Å². The van der Waals surface area contributed by atoms with Gasteiger partial charge in [-0.1, -0.05) is 12.1 Å². The molecule has 1 aromatic carbocycles. The summed E-state index contributed by atoms with van der Waals surface area (Å²) in [4.78, 5) is 35.0. The van der Waals surface area contributed by atoms with E-state index in [4.69, 9.17) is 0 Å². The number of nitro groups is 2. The molecule has 0 spiro atoms. The fourth-order valence-corrected chi connectivity index (χ4v) is 2.51. The van der Waals surface area contributed by atoms with Crippen LogP contribution >= 0.6 is 11.8 Å². The van der Waals surface area contributed by atoms with Crippen molar-refractivity contribution in [2.45, 2.75) is 4.90 Å². The Labute approximate surface area is 122 Å². The number of ketones is 1. The summed E-state index contributed by atoms with van der Waals surface area (Å²) in [5.41, 5.74) is -0.172. The molecule has 2 aromatic rings. The fourth-order valence-electron chi connectivity index (χ4n) is 1.60. The third-order valence-corrected chi connectivity index (χ3v) is 3.66. The van der Waals surface area contributed by atoms with Crippen molar-refractivity contribution in [3.05, 3.63) is 62.5 Å². The number of H-pyrrole nitrogens is 1. The number of Topliss-reactive ketones (excluding diaryl/α,β-unsaturated/α-hetero) is 1. The molecule has 0 saturated carbocycles. The Morgan fingerprint density at radius 2 is 1.90 bits per heavy atom. The number of aromatic amines is 1. The van der Waals surface area contributed by atoms with E-state index in [1.54, 1.807) is 18.2 Å². The molecule has 1 N–H and O–H groups in total. The normalized spacial score (nSPS) is 10.3. The molecule has 2 rings (SSSR count). The number of para-hydroxylation sites is 1. The Morgan fingerprint density at radius 3 is 2.52 bits per heavy atom. The summed E-state index contributed by atoms with van der Waals surface area (Å²) in [5, 5.41) is 21.4. The first-order valence-corrected chi connectivity index (χ1v) is 6.70. The highest BCUT2D eigenvalue weighted by Gasteiger charge is 2.17.